The summed E-state index contributed by atoms with van der Waals surface area (Å²) in [7, 11) is 0. The molecule has 2 heterocycles. The minimum Gasteiger partial charge on any atom is -0.393 e. The maximum Gasteiger partial charge on any atom is 0.240 e. The van der Waals surface area contributed by atoms with Crippen molar-refractivity contribution in [3.05, 3.63) is 41.3 Å². The van der Waals surface area contributed by atoms with Crippen LogP contribution in [0.5, 0.6) is 0 Å². The number of nitrogens with one attached hydrogen (secondary N) is 1. The van der Waals surface area contributed by atoms with Crippen LogP contribution in [0.1, 0.15) is 43.1 Å². The van der Waals surface area contributed by atoms with Crippen LogP contribution >= 0.6 is 0 Å². The topological polar surface area (TPSA) is 74.4 Å². The Morgan fingerprint density at radius 3 is 2.83 bits per heavy atom. The van der Waals surface area contributed by atoms with Gasteiger partial charge in [0.05, 0.1) is 12.6 Å². The predicted molar refractivity (Wildman–Crippen MR) is 88.1 cm³/mol. The molecule has 1 aliphatic heterocycles. The van der Waals surface area contributed by atoms with Gasteiger partial charge in [-0.05, 0) is 50.5 Å². The lowest BCUT2D eigenvalue weighted by Crippen LogP contribution is -2.37. The van der Waals surface area contributed by atoms with Gasteiger partial charge in [0.2, 0.25) is 5.89 Å². The number of aryl methyl sites for hydroxylation is 1. The van der Waals surface area contributed by atoms with E-state index in [-0.39, 0.29) is 18.0 Å². The molecule has 130 valence electrons. The Morgan fingerprint density at radius 1 is 1.42 bits per heavy atom. The van der Waals surface area contributed by atoms with Crippen molar-refractivity contribution in [1.82, 2.24) is 15.5 Å². The first-order chi connectivity index (χ1) is 11.5. The Bertz CT molecular complexity index is 683. The van der Waals surface area contributed by atoms with Crippen molar-refractivity contribution >= 4 is 5.69 Å². The van der Waals surface area contributed by atoms with Crippen LogP contribution in [0.4, 0.5) is 10.1 Å². The minimum absolute atomic E-state index is 0.0743. The second-order valence-electron chi connectivity index (χ2n) is 6.26. The third-order valence-electron chi connectivity index (χ3n) is 4.39. The van der Waals surface area contributed by atoms with Crippen LogP contribution in [-0.2, 0) is 6.54 Å². The predicted octanol–water partition coefficient (Wildman–Crippen LogP) is 2.33. The van der Waals surface area contributed by atoms with Gasteiger partial charge >= 0.3 is 0 Å². The molecule has 2 aromatic rings. The molecule has 1 fully saturated rings. The first-order valence-electron chi connectivity index (χ1n) is 8.28. The highest BCUT2D eigenvalue weighted by Gasteiger charge is 2.22. The van der Waals surface area contributed by atoms with Gasteiger partial charge in [-0.1, -0.05) is 5.16 Å². The van der Waals surface area contributed by atoms with Gasteiger partial charge in [-0.15, -0.1) is 0 Å². The Kier molecular flexibility index (Phi) is 5.11. The van der Waals surface area contributed by atoms with Gasteiger partial charge in [-0.25, -0.2) is 4.39 Å². The van der Waals surface area contributed by atoms with Gasteiger partial charge in [0.25, 0.3) is 0 Å². The van der Waals surface area contributed by atoms with Crippen LogP contribution in [-0.4, -0.2) is 34.4 Å². The Hall–Kier alpha value is -1.99. The van der Waals surface area contributed by atoms with Crippen molar-refractivity contribution in [3.63, 3.8) is 0 Å². The maximum absolute atomic E-state index is 13.8. The van der Waals surface area contributed by atoms with Crippen molar-refractivity contribution in [2.24, 2.45) is 0 Å². The Balaban J connectivity index is 1.74. The fourth-order valence-corrected chi connectivity index (χ4v) is 3.03. The summed E-state index contributed by atoms with van der Waals surface area (Å²) >= 11 is 0. The Labute approximate surface area is 140 Å². The van der Waals surface area contributed by atoms with Crippen molar-refractivity contribution in [2.75, 3.05) is 18.0 Å². The van der Waals surface area contributed by atoms with Crippen molar-refractivity contribution in [1.29, 1.82) is 0 Å². The summed E-state index contributed by atoms with van der Waals surface area (Å²) in [6.07, 6.45) is 1.24. The molecule has 0 bridgehead atoms. The number of rotatable bonds is 5. The van der Waals surface area contributed by atoms with Crippen molar-refractivity contribution < 1.29 is 14.0 Å². The lowest BCUT2D eigenvalue weighted by atomic mass is 10.0. The first kappa shape index (κ1) is 16.9. The van der Waals surface area contributed by atoms with E-state index in [1.807, 2.05) is 13.0 Å². The molecule has 6 nitrogen and oxygen atoms in total. The quantitative estimate of drug-likeness (QED) is 0.874. The number of halogens is 1. The van der Waals surface area contributed by atoms with Crippen LogP contribution in [0.25, 0.3) is 0 Å². The van der Waals surface area contributed by atoms with E-state index >= 15 is 0 Å². The average molecular weight is 334 g/mol. The summed E-state index contributed by atoms with van der Waals surface area (Å²) < 4.78 is 18.9. The standard InChI is InChI=1S/C17H23FN4O2/c1-11(19-10-17-20-12(2)21-24-17)15-9-13(18)3-4-16(15)22-7-5-14(23)6-8-22/h3-4,9,11,14,19,23H,5-8,10H2,1-2H3. The number of aliphatic hydroxyl groups excluding tert-OH is 1. The van der Waals surface area contributed by atoms with Crippen LogP contribution in [0, 0.1) is 12.7 Å². The van der Waals surface area contributed by atoms with Crippen LogP contribution in [0.3, 0.4) is 0 Å². The minimum atomic E-state index is -0.256. The normalized spacial score (nSPS) is 17.2. The zero-order valence-corrected chi connectivity index (χ0v) is 14.0. The molecule has 1 aromatic heterocycles. The summed E-state index contributed by atoms with van der Waals surface area (Å²) in [4.78, 5) is 6.37. The smallest absolute Gasteiger partial charge is 0.240 e. The van der Waals surface area contributed by atoms with E-state index in [9.17, 15) is 9.50 Å². The molecule has 1 aliphatic rings. The van der Waals surface area contributed by atoms with E-state index in [0.29, 0.717) is 18.3 Å². The molecule has 3 rings (SSSR count). The van der Waals surface area contributed by atoms with E-state index in [1.165, 1.54) is 6.07 Å². The van der Waals surface area contributed by atoms with E-state index in [2.05, 4.69) is 20.4 Å². The number of hydrogen-bond acceptors (Lipinski definition) is 6. The molecule has 1 atom stereocenters. The summed E-state index contributed by atoms with van der Waals surface area (Å²) in [6.45, 7) is 5.73. The fourth-order valence-electron chi connectivity index (χ4n) is 3.03. The average Bonchev–Trinajstić information content (AvgIpc) is 2.99. The molecule has 0 spiro atoms. The van der Waals surface area contributed by atoms with Gasteiger partial charge in [0.1, 0.15) is 5.82 Å². The second kappa shape index (κ2) is 7.27. The van der Waals surface area contributed by atoms with Gasteiger partial charge in [0.15, 0.2) is 5.82 Å². The third kappa shape index (κ3) is 3.91. The van der Waals surface area contributed by atoms with Crippen LogP contribution in [0.15, 0.2) is 22.7 Å². The van der Waals surface area contributed by atoms with Crippen molar-refractivity contribution in [2.45, 2.75) is 45.4 Å². The molecule has 1 aromatic carbocycles. The van der Waals surface area contributed by atoms with Gasteiger partial charge in [-0.2, -0.15) is 4.98 Å². The van der Waals surface area contributed by atoms with Crippen molar-refractivity contribution in [3.8, 4) is 0 Å². The molecule has 0 radical (unpaired) electrons. The van der Waals surface area contributed by atoms with E-state index < -0.39 is 0 Å². The summed E-state index contributed by atoms with van der Waals surface area (Å²) in [6, 6.07) is 4.79. The highest BCUT2D eigenvalue weighted by atomic mass is 19.1. The molecule has 7 heteroatoms. The molecular formula is C17H23FN4O2. The summed E-state index contributed by atoms with van der Waals surface area (Å²) in [5.74, 6) is 0.851. The molecule has 0 aliphatic carbocycles. The van der Waals surface area contributed by atoms with Gasteiger partial charge in [-0.3, -0.25) is 0 Å². The number of hydrogen-bond donors (Lipinski definition) is 2. The number of anilines is 1. The number of aromatic nitrogens is 2. The first-order valence-corrected chi connectivity index (χ1v) is 8.28. The maximum atomic E-state index is 13.8. The SMILES string of the molecule is Cc1noc(CNC(C)c2cc(F)ccc2N2CCC(O)CC2)n1. The number of aliphatic hydroxyl groups is 1. The van der Waals surface area contributed by atoms with E-state index in [0.717, 1.165) is 37.2 Å². The summed E-state index contributed by atoms with van der Waals surface area (Å²) in [5.41, 5.74) is 1.90. The Morgan fingerprint density at radius 2 is 2.17 bits per heavy atom. The van der Waals surface area contributed by atoms with E-state index in [4.69, 9.17) is 4.52 Å². The van der Waals surface area contributed by atoms with Gasteiger partial charge in [0, 0.05) is 24.8 Å². The highest BCUT2D eigenvalue weighted by Crippen LogP contribution is 2.29. The molecule has 24 heavy (non-hydrogen) atoms. The molecule has 0 amide bonds. The lowest BCUT2D eigenvalue weighted by Gasteiger charge is -2.34. The monoisotopic (exact) mass is 334 g/mol. The largest absolute Gasteiger partial charge is 0.393 e. The highest BCUT2D eigenvalue weighted by molar-refractivity contribution is 5.55. The van der Waals surface area contributed by atoms with E-state index in [1.54, 1.807) is 13.0 Å². The molecule has 1 saturated heterocycles. The number of benzene rings is 1. The lowest BCUT2D eigenvalue weighted by molar-refractivity contribution is 0.145. The molecular weight excluding hydrogens is 311 g/mol. The fraction of sp³-hybridized carbons (Fsp3) is 0.529. The zero-order valence-electron chi connectivity index (χ0n) is 14.0. The molecule has 1 unspecified atom stereocenters. The van der Waals surface area contributed by atoms with Gasteiger partial charge < -0.3 is 19.8 Å². The second-order valence-corrected chi connectivity index (χ2v) is 6.26. The van der Waals surface area contributed by atoms with Crippen LogP contribution in [0.2, 0.25) is 0 Å². The molecule has 0 saturated carbocycles. The summed E-state index contributed by atoms with van der Waals surface area (Å²) in [5, 5.41) is 16.8. The molecule has 2 N–H and O–H groups in total. The number of nitrogens with zero attached hydrogens (tertiary/aromatic N) is 3. The zero-order chi connectivity index (χ0) is 17.1. The number of piperidine rings is 1. The third-order valence-corrected chi connectivity index (χ3v) is 4.39. The van der Waals surface area contributed by atoms with Crippen LogP contribution < -0.4 is 10.2 Å².